The highest BCUT2D eigenvalue weighted by molar-refractivity contribution is 6.31. The molecule has 0 spiro atoms. The van der Waals surface area contributed by atoms with E-state index >= 15 is 0 Å². The van der Waals surface area contributed by atoms with Crippen molar-refractivity contribution < 1.29 is 39.9 Å². The number of aromatic hydroxyl groups is 5. The lowest BCUT2D eigenvalue weighted by Gasteiger charge is -2.23. The third-order valence-corrected chi connectivity index (χ3v) is 4.28. The number of phenolic OH excluding ortho intramolecular Hbond substituents is 5. The van der Waals surface area contributed by atoms with Crippen LogP contribution >= 0.6 is 0 Å². The van der Waals surface area contributed by atoms with Gasteiger partial charge >= 0.3 is 0 Å². The van der Waals surface area contributed by atoms with Crippen molar-refractivity contribution in [1.29, 1.82) is 0 Å². The van der Waals surface area contributed by atoms with Crippen molar-refractivity contribution in [2.75, 3.05) is 7.11 Å². The number of ketones is 2. The maximum Gasteiger partial charge on any atom is 0.202 e. The Bertz CT molecular complexity index is 945. The van der Waals surface area contributed by atoms with Gasteiger partial charge in [0.15, 0.2) is 17.3 Å². The van der Waals surface area contributed by atoms with Crippen molar-refractivity contribution in [2.24, 2.45) is 0 Å². The fraction of sp³-hybridized carbons (Fsp3) is 0.176. The first-order valence-corrected chi connectivity index (χ1v) is 7.19. The van der Waals surface area contributed by atoms with E-state index in [0.29, 0.717) is 0 Å². The van der Waals surface area contributed by atoms with Gasteiger partial charge in [-0.25, -0.2) is 0 Å². The first kappa shape index (κ1) is 16.6. The van der Waals surface area contributed by atoms with E-state index in [0.717, 1.165) is 12.1 Å². The Balaban J connectivity index is 2.37. The fourth-order valence-electron chi connectivity index (χ4n) is 2.92. The quantitative estimate of drug-likeness (QED) is 0.441. The molecule has 1 atom stereocenters. The number of hydrogen-bond acceptors (Lipinski definition) is 8. The predicted octanol–water partition coefficient (Wildman–Crippen LogP) is 1.70. The normalized spacial score (nSPS) is 14.2. The van der Waals surface area contributed by atoms with E-state index in [1.54, 1.807) is 0 Å². The van der Waals surface area contributed by atoms with Crippen molar-refractivity contribution >= 4 is 11.6 Å². The highest BCUT2D eigenvalue weighted by Crippen LogP contribution is 2.47. The molecule has 0 bridgehead atoms. The summed E-state index contributed by atoms with van der Waals surface area (Å²) in [4.78, 5) is 25.4. The van der Waals surface area contributed by atoms with Crippen LogP contribution in [0.15, 0.2) is 12.1 Å². The number of hydrogen-bond donors (Lipinski definition) is 5. The standard InChI is InChI=1S/C17H14O8/c1-5(25-2)10-8(18)3-6-11(15(10)22)16(23)12-7(13(6)20)4-9(19)14(21)17(12)24/h3-5,18-19,21-22,24H,1-2H3/t5-/m1/s1. The Morgan fingerprint density at radius 3 is 1.88 bits per heavy atom. The summed E-state index contributed by atoms with van der Waals surface area (Å²) in [6.07, 6.45) is -0.781. The van der Waals surface area contributed by atoms with Gasteiger partial charge in [0.05, 0.1) is 22.8 Å². The molecule has 130 valence electrons. The number of carbonyl (C=O) groups is 2. The van der Waals surface area contributed by atoms with Gasteiger partial charge in [0, 0.05) is 18.2 Å². The number of phenols is 5. The van der Waals surface area contributed by atoms with Crippen molar-refractivity contribution in [2.45, 2.75) is 13.0 Å². The van der Waals surface area contributed by atoms with E-state index < -0.39 is 57.5 Å². The summed E-state index contributed by atoms with van der Waals surface area (Å²) in [7, 11) is 1.33. The molecule has 0 aromatic heterocycles. The highest BCUT2D eigenvalue weighted by Gasteiger charge is 2.38. The van der Waals surface area contributed by atoms with Crippen molar-refractivity contribution in [3.8, 4) is 28.7 Å². The van der Waals surface area contributed by atoms with Gasteiger partial charge in [-0.15, -0.1) is 0 Å². The smallest absolute Gasteiger partial charge is 0.202 e. The van der Waals surface area contributed by atoms with Crippen LogP contribution in [0.1, 0.15) is 50.4 Å². The van der Waals surface area contributed by atoms with Crippen LogP contribution in [-0.4, -0.2) is 44.2 Å². The molecule has 1 aliphatic rings. The summed E-state index contributed by atoms with van der Waals surface area (Å²) < 4.78 is 5.04. The second-order valence-electron chi connectivity index (χ2n) is 5.63. The highest BCUT2D eigenvalue weighted by atomic mass is 16.5. The molecule has 3 rings (SSSR count). The zero-order valence-electron chi connectivity index (χ0n) is 13.2. The monoisotopic (exact) mass is 346 g/mol. The van der Waals surface area contributed by atoms with Gasteiger partial charge in [-0.2, -0.15) is 0 Å². The third kappa shape index (κ3) is 2.11. The topological polar surface area (TPSA) is 145 Å². The molecule has 2 aromatic carbocycles. The molecule has 5 N–H and O–H groups in total. The Labute approximate surface area is 141 Å². The van der Waals surface area contributed by atoms with E-state index in [1.165, 1.54) is 14.0 Å². The molecule has 0 saturated carbocycles. The van der Waals surface area contributed by atoms with Crippen LogP contribution in [-0.2, 0) is 4.74 Å². The second kappa shape index (κ2) is 5.38. The largest absolute Gasteiger partial charge is 0.507 e. The van der Waals surface area contributed by atoms with Crippen LogP contribution in [0.3, 0.4) is 0 Å². The van der Waals surface area contributed by atoms with E-state index in [-0.39, 0.29) is 16.7 Å². The zero-order chi connectivity index (χ0) is 18.6. The van der Waals surface area contributed by atoms with Gasteiger partial charge < -0.3 is 30.3 Å². The summed E-state index contributed by atoms with van der Waals surface area (Å²) >= 11 is 0. The van der Waals surface area contributed by atoms with Gasteiger partial charge in [0.25, 0.3) is 0 Å². The Morgan fingerprint density at radius 2 is 1.32 bits per heavy atom. The SMILES string of the molecule is CO[C@H](C)c1c(O)cc2c(c1O)C(=O)c1c(cc(O)c(O)c1O)C2=O. The minimum absolute atomic E-state index is 0.0895. The van der Waals surface area contributed by atoms with Crippen LogP contribution in [0.5, 0.6) is 28.7 Å². The zero-order valence-corrected chi connectivity index (χ0v) is 13.2. The average molecular weight is 346 g/mol. The van der Waals surface area contributed by atoms with E-state index in [1.807, 2.05) is 0 Å². The fourth-order valence-corrected chi connectivity index (χ4v) is 2.92. The molecule has 0 aliphatic heterocycles. The van der Waals surface area contributed by atoms with E-state index in [4.69, 9.17) is 4.74 Å². The van der Waals surface area contributed by atoms with Gasteiger partial charge in [0.1, 0.15) is 11.5 Å². The first-order valence-electron chi connectivity index (χ1n) is 7.19. The lowest BCUT2D eigenvalue weighted by atomic mass is 9.81. The molecule has 0 radical (unpaired) electrons. The molecule has 8 nitrogen and oxygen atoms in total. The second-order valence-corrected chi connectivity index (χ2v) is 5.63. The van der Waals surface area contributed by atoms with Crippen LogP contribution in [0.2, 0.25) is 0 Å². The maximum absolute atomic E-state index is 12.7. The van der Waals surface area contributed by atoms with Gasteiger partial charge in [-0.1, -0.05) is 0 Å². The lowest BCUT2D eigenvalue weighted by Crippen LogP contribution is -2.22. The van der Waals surface area contributed by atoms with Gasteiger partial charge in [-0.05, 0) is 19.1 Å². The van der Waals surface area contributed by atoms with E-state index in [9.17, 15) is 35.1 Å². The summed E-state index contributed by atoms with van der Waals surface area (Å²) in [5, 5.41) is 49.7. The van der Waals surface area contributed by atoms with Crippen LogP contribution < -0.4 is 0 Å². The lowest BCUT2D eigenvalue weighted by molar-refractivity contribution is 0.0967. The minimum atomic E-state index is -0.965. The van der Waals surface area contributed by atoms with Gasteiger partial charge in [0.2, 0.25) is 11.5 Å². The molecule has 0 heterocycles. The minimum Gasteiger partial charge on any atom is -0.507 e. The number of fused-ring (bicyclic) bond motifs is 2. The summed E-state index contributed by atoms with van der Waals surface area (Å²) in [5.74, 6) is -5.53. The number of ether oxygens (including phenoxy) is 1. The molecule has 8 heteroatoms. The van der Waals surface area contributed by atoms with Crippen LogP contribution in [0.4, 0.5) is 0 Å². The molecule has 0 saturated heterocycles. The molecular weight excluding hydrogens is 332 g/mol. The number of methoxy groups -OCH3 is 1. The number of benzene rings is 2. The third-order valence-electron chi connectivity index (χ3n) is 4.28. The van der Waals surface area contributed by atoms with Crippen molar-refractivity contribution in [3.05, 3.63) is 39.9 Å². The molecular formula is C17H14O8. The Hall–Kier alpha value is -3.26. The van der Waals surface area contributed by atoms with Crippen molar-refractivity contribution in [3.63, 3.8) is 0 Å². The Morgan fingerprint density at radius 1 is 0.800 bits per heavy atom. The number of rotatable bonds is 2. The van der Waals surface area contributed by atoms with Crippen LogP contribution in [0.25, 0.3) is 0 Å². The van der Waals surface area contributed by atoms with Crippen molar-refractivity contribution in [1.82, 2.24) is 0 Å². The molecule has 25 heavy (non-hydrogen) atoms. The first-order chi connectivity index (χ1) is 11.7. The molecule has 0 fully saturated rings. The molecule has 0 unspecified atom stereocenters. The maximum atomic E-state index is 12.7. The Kier molecular flexibility index (Phi) is 3.57. The van der Waals surface area contributed by atoms with E-state index in [2.05, 4.69) is 0 Å². The summed E-state index contributed by atoms with van der Waals surface area (Å²) in [6, 6.07) is 1.86. The van der Waals surface area contributed by atoms with Crippen LogP contribution in [0, 0.1) is 0 Å². The number of carbonyl (C=O) groups excluding carboxylic acids is 2. The average Bonchev–Trinajstić information content (AvgIpc) is 2.56. The molecule has 0 amide bonds. The molecule has 1 aliphatic carbocycles. The predicted molar refractivity (Wildman–Crippen MR) is 83.5 cm³/mol. The van der Waals surface area contributed by atoms with Gasteiger partial charge in [-0.3, -0.25) is 9.59 Å². The summed E-state index contributed by atoms with van der Waals surface area (Å²) in [6.45, 7) is 1.52. The molecule has 2 aromatic rings. The summed E-state index contributed by atoms with van der Waals surface area (Å²) in [5.41, 5.74) is -1.69.